The number of rotatable bonds is 4. The van der Waals surface area contributed by atoms with E-state index in [1.807, 2.05) is 6.92 Å². The van der Waals surface area contributed by atoms with Crippen LogP contribution in [-0.4, -0.2) is 45.5 Å². The van der Waals surface area contributed by atoms with Crippen LogP contribution in [0.25, 0.3) is 0 Å². The van der Waals surface area contributed by atoms with E-state index in [4.69, 9.17) is 4.74 Å². The molecule has 1 unspecified atom stereocenters. The zero-order valence-corrected chi connectivity index (χ0v) is 13.2. The van der Waals surface area contributed by atoms with Crippen molar-refractivity contribution >= 4 is 15.9 Å². The van der Waals surface area contributed by atoms with Gasteiger partial charge in [0.25, 0.3) is 0 Å². The van der Waals surface area contributed by atoms with Gasteiger partial charge in [-0.25, -0.2) is 13.1 Å². The smallest absolute Gasteiger partial charge is 0.244 e. The molecule has 116 valence electrons. The van der Waals surface area contributed by atoms with Gasteiger partial charge >= 0.3 is 0 Å². The lowest BCUT2D eigenvalue weighted by molar-refractivity contribution is -0.127. The fraction of sp³-hybridized carbons (Fsp3) is 0.500. The van der Waals surface area contributed by atoms with Crippen molar-refractivity contribution in [1.82, 2.24) is 9.62 Å². The second kappa shape index (κ2) is 6.03. The van der Waals surface area contributed by atoms with Gasteiger partial charge in [-0.05, 0) is 31.0 Å². The second-order valence-corrected chi connectivity index (χ2v) is 6.91. The number of likely N-dealkylation sites (tertiary alicyclic amines) is 1. The molecule has 1 aromatic carbocycles. The first-order valence-electron chi connectivity index (χ1n) is 6.76. The number of hydrogen-bond donors (Lipinski definition) is 1. The Morgan fingerprint density at radius 3 is 2.71 bits per heavy atom. The molecule has 0 bridgehead atoms. The number of carbonyl (C=O) groups is 1. The van der Waals surface area contributed by atoms with E-state index in [1.165, 1.54) is 14.0 Å². The number of hydrogen-bond acceptors (Lipinski definition) is 4. The van der Waals surface area contributed by atoms with E-state index in [0.29, 0.717) is 25.3 Å². The van der Waals surface area contributed by atoms with Crippen molar-refractivity contribution in [3.8, 4) is 5.75 Å². The summed E-state index contributed by atoms with van der Waals surface area (Å²) in [6.07, 6.45) is 0.618. The summed E-state index contributed by atoms with van der Waals surface area (Å²) in [4.78, 5) is 13.1. The van der Waals surface area contributed by atoms with Crippen LogP contribution in [0.5, 0.6) is 5.75 Å². The van der Waals surface area contributed by atoms with E-state index >= 15 is 0 Å². The predicted molar refractivity (Wildman–Crippen MR) is 78.7 cm³/mol. The Morgan fingerprint density at radius 1 is 1.43 bits per heavy atom. The lowest BCUT2D eigenvalue weighted by atomic mass is 10.2. The van der Waals surface area contributed by atoms with Gasteiger partial charge in [-0.2, -0.15) is 0 Å². The van der Waals surface area contributed by atoms with Crippen LogP contribution in [0.4, 0.5) is 0 Å². The van der Waals surface area contributed by atoms with Crippen LogP contribution in [0.15, 0.2) is 23.1 Å². The molecule has 1 N–H and O–H groups in total. The Hall–Kier alpha value is -1.60. The number of ether oxygens (including phenoxy) is 1. The van der Waals surface area contributed by atoms with E-state index in [9.17, 15) is 13.2 Å². The number of amides is 1. The molecule has 1 aliphatic heterocycles. The summed E-state index contributed by atoms with van der Waals surface area (Å²) in [5.74, 6) is 0.277. The van der Waals surface area contributed by atoms with Crippen molar-refractivity contribution < 1.29 is 17.9 Å². The van der Waals surface area contributed by atoms with Crippen molar-refractivity contribution in [2.24, 2.45) is 0 Å². The molecule has 1 atom stereocenters. The number of benzene rings is 1. The zero-order valence-electron chi connectivity index (χ0n) is 12.4. The monoisotopic (exact) mass is 312 g/mol. The first-order chi connectivity index (χ1) is 9.83. The number of aryl methyl sites for hydroxylation is 1. The molecule has 1 aliphatic rings. The Balaban J connectivity index is 2.20. The average molecular weight is 312 g/mol. The highest BCUT2D eigenvalue weighted by molar-refractivity contribution is 7.89. The zero-order chi connectivity index (χ0) is 15.6. The molecule has 2 rings (SSSR count). The van der Waals surface area contributed by atoms with E-state index in [1.54, 1.807) is 23.1 Å². The van der Waals surface area contributed by atoms with E-state index in [-0.39, 0.29) is 16.8 Å². The first kappa shape index (κ1) is 15.8. The number of carbonyl (C=O) groups excluding carboxylic acids is 1. The normalized spacial score (nSPS) is 18.8. The van der Waals surface area contributed by atoms with Gasteiger partial charge in [0.05, 0.1) is 7.11 Å². The molecular formula is C14H20N2O4S. The van der Waals surface area contributed by atoms with Crippen molar-refractivity contribution in [3.63, 3.8) is 0 Å². The van der Waals surface area contributed by atoms with Crippen LogP contribution < -0.4 is 9.46 Å². The van der Waals surface area contributed by atoms with Gasteiger partial charge in [0, 0.05) is 26.1 Å². The maximum absolute atomic E-state index is 12.5. The Bertz CT molecular complexity index is 642. The van der Waals surface area contributed by atoms with Gasteiger partial charge in [0.15, 0.2) is 0 Å². The standard InChI is InChI=1S/C14H20N2O4S/c1-10-4-5-13(20-3)14(8-10)21(18,19)15-12-6-7-16(9-12)11(2)17/h4-5,8,12,15H,6-7,9H2,1-3H3. The fourth-order valence-electron chi connectivity index (χ4n) is 2.42. The summed E-state index contributed by atoms with van der Waals surface area (Å²) in [5, 5.41) is 0. The maximum Gasteiger partial charge on any atom is 0.244 e. The second-order valence-electron chi connectivity index (χ2n) is 5.23. The summed E-state index contributed by atoms with van der Waals surface area (Å²) >= 11 is 0. The van der Waals surface area contributed by atoms with Gasteiger partial charge in [0.2, 0.25) is 15.9 Å². The molecule has 0 saturated carbocycles. The largest absolute Gasteiger partial charge is 0.495 e. The lowest BCUT2D eigenvalue weighted by Crippen LogP contribution is -2.38. The van der Waals surface area contributed by atoms with Crippen LogP contribution >= 0.6 is 0 Å². The van der Waals surface area contributed by atoms with Crippen LogP contribution in [0, 0.1) is 6.92 Å². The fourth-order valence-corrected chi connectivity index (χ4v) is 3.93. The quantitative estimate of drug-likeness (QED) is 0.896. The van der Waals surface area contributed by atoms with Crippen LogP contribution in [0.3, 0.4) is 0 Å². The van der Waals surface area contributed by atoms with Crippen LogP contribution in [0.2, 0.25) is 0 Å². The maximum atomic E-state index is 12.5. The highest BCUT2D eigenvalue weighted by atomic mass is 32.2. The molecule has 6 nitrogen and oxygen atoms in total. The predicted octanol–water partition coefficient (Wildman–Crippen LogP) is 0.903. The molecule has 1 aromatic rings. The van der Waals surface area contributed by atoms with Crippen LogP contribution in [-0.2, 0) is 14.8 Å². The van der Waals surface area contributed by atoms with Gasteiger partial charge in [-0.3, -0.25) is 4.79 Å². The molecule has 0 radical (unpaired) electrons. The molecule has 21 heavy (non-hydrogen) atoms. The molecule has 0 aliphatic carbocycles. The molecule has 1 saturated heterocycles. The first-order valence-corrected chi connectivity index (χ1v) is 8.24. The molecule has 0 spiro atoms. The Morgan fingerprint density at radius 2 is 2.14 bits per heavy atom. The molecule has 1 fully saturated rings. The highest BCUT2D eigenvalue weighted by Crippen LogP contribution is 2.25. The average Bonchev–Trinajstić information content (AvgIpc) is 2.86. The molecule has 0 aromatic heterocycles. The van der Waals surface area contributed by atoms with E-state index in [0.717, 1.165) is 5.56 Å². The van der Waals surface area contributed by atoms with Crippen molar-refractivity contribution in [3.05, 3.63) is 23.8 Å². The van der Waals surface area contributed by atoms with Gasteiger partial charge in [0.1, 0.15) is 10.6 Å². The minimum absolute atomic E-state index is 0.0372. The molecule has 1 heterocycles. The van der Waals surface area contributed by atoms with E-state index < -0.39 is 10.0 Å². The van der Waals surface area contributed by atoms with Crippen LogP contribution in [0.1, 0.15) is 18.9 Å². The number of methoxy groups -OCH3 is 1. The SMILES string of the molecule is COc1ccc(C)cc1S(=O)(=O)NC1CCN(C(C)=O)C1. The topological polar surface area (TPSA) is 75.7 Å². The van der Waals surface area contributed by atoms with Gasteiger partial charge < -0.3 is 9.64 Å². The van der Waals surface area contributed by atoms with Crippen molar-refractivity contribution in [2.75, 3.05) is 20.2 Å². The summed E-state index contributed by atoms with van der Waals surface area (Å²) in [7, 11) is -2.23. The highest BCUT2D eigenvalue weighted by Gasteiger charge is 2.29. The minimum Gasteiger partial charge on any atom is -0.495 e. The van der Waals surface area contributed by atoms with Gasteiger partial charge in [-0.15, -0.1) is 0 Å². The molecule has 7 heteroatoms. The third kappa shape index (κ3) is 3.54. The summed E-state index contributed by atoms with van der Waals surface area (Å²) < 4.78 is 32.8. The number of nitrogens with zero attached hydrogens (tertiary/aromatic N) is 1. The lowest BCUT2D eigenvalue weighted by Gasteiger charge is -2.16. The Kier molecular flexibility index (Phi) is 4.53. The molecular weight excluding hydrogens is 292 g/mol. The van der Waals surface area contributed by atoms with Crippen molar-refractivity contribution in [2.45, 2.75) is 31.2 Å². The summed E-state index contributed by atoms with van der Waals surface area (Å²) in [6.45, 7) is 4.29. The summed E-state index contributed by atoms with van der Waals surface area (Å²) in [5.41, 5.74) is 0.841. The Labute approximate surface area is 125 Å². The third-order valence-electron chi connectivity index (χ3n) is 3.56. The minimum atomic E-state index is -3.67. The third-order valence-corrected chi connectivity index (χ3v) is 5.11. The number of nitrogens with one attached hydrogen (secondary N) is 1. The van der Waals surface area contributed by atoms with Crippen molar-refractivity contribution in [1.29, 1.82) is 0 Å². The molecule has 1 amide bonds. The van der Waals surface area contributed by atoms with Gasteiger partial charge in [-0.1, -0.05) is 6.07 Å². The van der Waals surface area contributed by atoms with E-state index in [2.05, 4.69) is 4.72 Å². The summed E-state index contributed by atoms with van der Waals surface area (Å²) in [6, 6.07) is 4.76. The number of sulfonamides is 1.